The van der Waals surface area contributed by atoms with Gasteiger partial charge in [-0.2, -0.15) is 10.5 Å². The summed E-state index contributed by atoms with van der Waals surface area (Å²) in [5.41, 5.74) is 0.413. The fourth-order valence-electron chi connectivity index (χ4n) is 0.926. The van der Waals surface area contributed by atoms with Gasteiger partial charge in [0.25, 0.3) is 0 Å². The molecule has 0 aliphatic carbocycles. The standard InChI is InChI=1S/C9H6N2OS/c1-12-8-3-2-4-9(13-6-11)7(8)5-10/h2-4H,1H3. The van der Waals surface area contributed by atoms with Gasteiger partial charge in [0.1, 0.15) is 22.8 Å². The van der Waals surface area contributed by atoms with Crippen LogP contribution in [0.25, 0.3) is 0 Å². The monoisotopic (exact) mass is 190 g/mol. The first-order valence-electron chi connectivity index (χ1n) is 3.46. The van der Waals surface area contributed by atoms with Crippen LogP contribution in [0.4, 0.5) is 0 Å². The minimum absolute atomic E-state index is 0.413. The van der Waals surface area contributed by atoms with E-state index in [1.54, 1.807) is 18.2 Å². The van der Waals surface area contributed by atoms with Crippen LogP contribution >= 0.6 is 11.8 Å². The van der Waals surface area contributed by atoms with Crippen LogP contribution in [-0.2, 0) is 0 Å². The third-order valence-corrected chi connectivity index (χ3v) is 2.13. The zero-order chi connectivity index (χ0) is 9.68. The second-order valence-corrected chi connectivity index (χ2v) is 2.97. The Hall–Kier alpha value is -1.65. The van der Waals surface area contributed by atoms with Gasteiger partial charge >= 0.3 is 0 Å². The number of nitriles is 2. The summed E-state index contributed by atoms with van der Waals surface area (Å²) < 4.78 is 4.98. The molecule has 0 saturated heterocycles. The lowest BCUT2D eigenvalue weighted by Gasteiger charge is -2.03. The fourth-order valence-corrected chi connectivity index (χ4v) is 1.42. The molecule has 0 aliphatic rings. The molecular weight excluding hydrogens is 184 g/mol. The quantitative estimate of drug-likeness (QED) is 0.529. The molecule has 13 heavy (non-hydrogen) atoms. The van der Waals surface area contributed by atoms with Gasteiger partial charge in [-0.1, -0.05) is 6.07 Å². The number of methoxy groups -OCH3 is 1. The van der Waals surface area contributed by atoms with E-state index in [1.807, 2.05) is 11.5 Å². The molecule has 0 heterocycles. The Morgan fingerprint density at radius 2 is 2.15 bits per heavy atom. The second-order valence-electron chi connectivity index (χ2n) is 2.14. The van der Waals surface area contributed by atoms with Crippen LogP contribution in [-0.4, -0.2) is 7.11 Å². The molecule has 0 N–H and O–H groups in total. The van der Waals surface area contributed by atoms with Crippen molar-refractivity contribution in [3.05, 3.63) is 23.8 Å². The van der Waals surface area contributed by atoms with Gasteiger partial charge in [0, 0.05) is 4.90 Å². The van der Waals surface area contributed by atoms with Crippen molar-refractivity contribution in [1.29, 1.82) is 10.5 Å². The predicted octanol–water partition coefficient (Wildman–Crippen LogP) is 2.14. The van der Waals surface area contributed by atoms with E-state index >= 15 is 0 Å². The third kappa shape index (κ3) is 1.93. The summed E-state index contributed by atoms with van der Waals surface area (Å²) in [5.74, 6) is 0.503. The van der Waals surface area contributed by atoms with Crippen LogP contribution in [0.1, 0.15) is 5.56 Å². The highest BCUT2D eigenvalue weighted by molar-refractivity contribution is 8.03. The van der Waals surface area contributed by atoms with Crippen molar-refractivity contribution in [2.75, 3.05) is 7.11 Å². The molecule has 0 bridgehead atoms. The van der Waals surface area contributed by atoms with Gasteiger partial charge in [-0.05, 0) is 23.9 Å². The number of rotatable bonds is 2. The van der Waals surface area contributed by atoms with Gasteiger partial charge in [-0.25, -0.2) is 0 Å². The number of thioether (sulfide) groups is 1. The van der Waals surface area contributed by atoms with Crippen LogP contribution in [0.2, 0.25) is 0 Å². The van der Waals surface area contributed by atoms with Gasteiger partial charge < -0.3 is 4.74 Å². The summed E-state index contributed by atoms with van der Waals surface area (Å²) in [6, 6.07) is 7.16. The first-order valence-corrected chi connectivity index (χ1v) is 4.28. The molecule has 0 aromatic heterocycles. The Bertz CT molecular complexity index is 390. The van der Waals surface area contributed by atoms with Crippen molar-refractivity contribution in [2.24, 2.45) is 0 Å². The molecule has 0 spiro atoms. The maximum atomic E-state index is 8.80. The average molecular weight is 190 g/mol. The third-order valence-electron chi connectivity index (χ3n) is 1.48. The van der Waals surface area contributed by atoms with Gasteiger partial charge in [-0.15, -0.1) is 0 Å². The SMILES string of the molecule is COc1cccc(SC#N)c1C#N. The highest BCUT2D eigenvalue weighted by Gasteiger charge is 2.07. The largest absolute Gasteiger partial charge is 0.495 e. The molecule has 3 nitrogen and oxygen atoms in total. The van der Waals surface area contributed by atoms with E-state index in [-0.39, 0.29) is 0 Å². The minimum Gasteiger partial charge on any atom is -0.495 e. The predicted molar refractivity (Wildman–Crippen MR) is 49.2 cm³/mol. The van der Waals surface area contributed by atoms with E-state index in [4.69, 9.17) is 15.3 Å². The molecular formula is C9H6N2OS. The molecule has 0 fully saturated rings. The molecule has 64 valence electrons. The summed E-state index contributed by atoms with van der Waals surface area (Å²) in [4.78, 5) is 0.629. The first kappa shape index (κ1) is 9.44. The fraction of sp³-hybridized carbons (Fsp3) is 0.111. The zero-order valence-electron chi connectivity index (χ0n) is 6.94. The van der Waals surface area contributed by atoms with Crippen LogP contribution in [0.15, 0.2) is 23.1 Å². The molecule has 0 aliphatic heterocycles. The van der Waals surface area contributed by atoms with E-state index in [1.165, 1.54) is 7.11 Å². The maximum Gasteiger partial charge on any atom is 0.138 e. The summed E-state index contributed by atoms with van der Waals surface area (Å²) >= 11 is 0.959. The Kier molecular flexibility index (Phi) is 3.19. The molecule has 0 saturated carbocycles. The van der Waals surface area contributed by atoms with Crippen molar-refractivity contribution in [1.82, 2.24) is 0 Å². The lowest BCUT2D eigenvalue weighted by Crippen LogP contribution is -1.89. The summed E-state index contributed by atoms with van der Waals surface area (Å²) in [5, 5.41) is 19.2. The maximum absolute atomic E-state index is 8.80. The van der Waals surface area contributed by atoms with Crippen molar-refractivity contribution in [3.63, 3.8) is 0 Å². The Balaban J connectivity index is 3.22. The molecule has 4 heteroatoms. The molecule has 1 aromatic rings. The number of benzene rings is 1. The molecule has 0 atom stereocenters. The topological polar surface area (TPSA) is 56.8 Å². The molecule has 0 unspecified atom stereocenters. The number of ether oxygens (including phenoxy) is 1. The molecule has 0 radical (unpaired) electrons. The Morgan fingerprint density at radius 1 is 1.38 bits per heavy atom. The van der Waals surface area contributed by atoms with Crippen LogP contribution in [0.5, 0.6) is 5.75 Å². The van der Waals surface area contributed by atoms with Crippen molar-refractivity contribution >= 4 is 11.8 Å². The summed E-state index contributed by atoms with van der Waals surface area (Å²) in [6.07, 6.45) is 0. The van der Waals surface area contributed by atoms with Crippen molar-refractivity contribution < 1.29 is 4.74 Å². The van der Waals surface area contributed by atoms with Gasteiger partial charge in [0.2, 0.25) is 0 Å². The van der Waals surface area contributed by atoms with E-state index in [2.05, 4.69) is 0 Å². The molecule has 0 amide bonds. The lowest BCUT2D eigenvalue weighted by atomic mass is 10.2. The average Bonchev–Trinajstić information content (AvgIpc) is 2.18. The van der Waals surface area contributed by atoms with Crippen molar-refractivity contribution in [3.8, 4) is 17.2 Å². The Labute approximate surface area is 80.5 Å². The molecule has 1 rings (SSSR count). The molecule has 1 aromatic carbocycles. The van der Waals surface area contributed by atoms with E-state index in [0.29, 0.717) is 16.2 Å². The zero-order valence-corrected chi connectivity index (χ0v) is 7.76. The van der Waals surface area contributed by atoms with Gasteiger partial charge in [0.15, 0.2) is 0 Å². The van der Waals surface area contributed by atoms with Crippen LogP contribution in [0.3, 0.4) is 0 Å². The van der Waals surface area contributed by atoms with E-state index in [0.717, 1.165) is 11.8 Å². The highest BCUT2D eigenvalue weighted by atomic mass is 32.2. The van der Waals surface area contributed by atoms with E-state index in [9.17, 15) is 0 Å². The Morgan fingerprint density at radius 3 is 2.69 bits per heavy atom. The van der Waals surface area contributed by atoms with Crippen LogP contribution < -0.4 is 4.74 Å². The second kappa shape index (κ2) is 4.39. The lowest BCUT2D eigenvalue weighted by molar-refractivity contribution is 0.412. The van der Waals surface area contributed by atoms with Gasteiger partial charge in [-0.3, -0.25) is 0 Å². The van der Waals surface area contributed by atoms with Crippen LogP contribution in [0, 0.1) is 22.0 Å². The minimum atomic E-state index is 0.413. The smallest absolute Gasteiger partial charge is 0.138 e. The van der Waals surface area contributed by atoms with E-state index < -0.39 is 0 Å². The van der Waals surface area contributed by atoms with Gasteiger partial charge in [0.05, 0.1) is 7.11 Å². The number of nitrogens with zero attached hydrogens (tertiary/aromatic N) is 2. The number of thiocyanates is 1. The first-order chi connectivity index (χ1) is 6.33. The summed E-state index contributed by atoms with van der Waals surface area (Å²) in [6.45, 7) is 0. The highest BCUT2D eigenvalue weighted by Crippen LogP contribution is 2.28. The summed E-state index contributed by atoms with van der Waals surface area (Å²) in [7, 11) is 1.50. The number of hydrogen-bond acceptors (Lipinski definition) is 4. The normalized spacial score (nSPS) is 8.54. The number of hydrogen-bond donors (Lipinski definition) is 0. The van der Waals surface area contributed by atoms with Crippen molar-refractivity contribution in [2.45, 2.75) is 4.90 Å².